The minimum Gasteiger partial charge on any atom is -0.477 e. The lowest BCUT2D eigenvalue weighted by Crippen LogP contribution is -2.27. The minimum absolute atomic E-state index is 0.197. The van der Waals surface area contributed by atoms with E-state index in [4.69, 9.17) is 5.11 Å². The zero-order valence-corrected chi connectivity index (χ0v) is 14.0. The molecule has 0 aliphatic heterocycles. The minimum atomic E-state index is -0.993. The van der Waals surface area contributed by atoms with Crippen molar-refractivity contribution in [2.45, 2.75) is 38.6 Å². The third kappa shape index (κ3) is 2.98. The van der Waals surface area contributed by atoms with Gasteiger partial charge in [0.2, 0.25) is 0 Å². The van der Waals surface area contributed by atoms with E-state index < -0.39 is 5.97 Å². The molecule has 0 spiro atoms. The van der Waals surface area contributed by atoms with Gasteiger partial charge in [0.15, 0.2) is 0 Å². The van der Waals surface area contributed by atoms with Crippen molar-refractivity contribution in [1.29, 1.82) is 0 Å². The van der Waals surface area contributed by atoms with Gasteiger partial charge in [0.25, 0.3) is 5.91 Å². The normalized spacial score (nSPS) is 15.4. The largest absolute Gasteiger partial charge is 0.477 e. The number of amides is 1. The summed E-state index contributed by atoms with van der Waals surface area (Å²) in [7, 11) is 1.84. The summed E-state index contributed by atoms with van der Waals surface area (Å²) in [6.45, 7) is 3.46. The Labute approximate surface area is 137 Å². The molecule has 1 aliphatic carbocycles. The van der Waals surface area contributed by atoms with Crippen molar-refractivity contribution < 1.29 is 14.7 Å². The second kappa shape index (κ2) is 5.77. The number of aromatic nitrogens is 3. The molecular formula is C15H18N4O3S. The van der Waals surface area contributed by atoms with Crippen LogP contribution >= 0.6 is 11.3 Å². The molecule has 7 nitrogen and oxygen atoms in total. The molecule has 1 fully saturated rings. The van der Waals surface area contributed by atoms with E-state index in [1.165, 1.54) is 0 Å². The van der Waals surface area contributed by atoms with Gasteiger partial charge in [0.1, 0.15) is 9.88 Å². The van der Waals surface area contributed by atoms with Gasteiger partial charge < -0.3 is 10.4 Å². The van der Waals surface area contributed by atoms with Crippen molar-refractivity contribution in [3.63, 3.8) is 0 Å². The Bertz CT molecular complexity index is 776. The molecule has 1 saturated carbocycles. The molecule has 0 aromatic carbocycles. The molecule has 2 aromatic heterocycles. The summed E-state index contributed by atoms with van der Waals surface area (Å²) < 4.78 is 1.76. The maximum atomic E-state index is 12.5. The fraction of sp³-hybridized carbons (Fsp3) is 0.467. The standard InChI is InChI=1S/C15H18N4O3S/c1-7-12(15(21)22)23-14(18-7)8(2)17-13(20)10-6-16-19(3)11(10)9-4-5-9/h6,8-9H,4-5H2,1-3H3,(H,17,20)(H,21,22). The topological polar surface area (TPSA) is 97.1 Å². The van der Waals surface area contributed by atoms with Gasteiger partial charge in [-0.05, 0) is 26.7 Å². The molecule has 1 atom stereocenters. The predicted molar refractivity (Wildman–Crippen MR) is 84.9 cm³/mol. The molecule has 1 unspecified atom stereocenters. The van der Waals surface area contributed by atoms with Crippen molar-refractivity contribution in [2.24, 2.45) is 7.05 Å². The Morgan fingerprint density at radius 3 is 2.74 bits per heavy atom. The van der Waals surface area contributed by atoms with Crippen LogP contribution in [0.3, 0.4) is 0 Å². The van der Waals surface area contributed by atoms with Crippen LogP contribution in [0.25, 0.3) is 0 Å². The van der Waals surface area contributed by atoms with Gasteiger partial charge in [0, 0.05) is 13.0 Å². The lowest BCUT2D eigenvalue weighted by atomic mass is 10.1. The highest BCUT2D eigenvalue weighted by molar-refractivity contribution is 7.13. The van der Waals surface area contributed by atoms with Crippen LogP contribution in [0.15, 0.2) is 6.20 Å². The van der Waals surface area contributed by atoms with E-state index in [9.17, 15) is 9.59 Å². The highest BCUT2D eigenvalue weighted by atomic mass is 32.1. The van der Waals surface area contributed by atoms with E-state index in [0.717, 1.165) is 29.9 Å². The number of thiazole rings is 1. The van der Waals surface area contributed by atoms with E-state index in [-0.39, 0.29) is 16.8 Å². The number of aryl methyl sites for hydroxylation is 2. The lowest BCUT2D eigenvalue weighted by Gasteiger charge is -2.11. The number of rotatable bonds is 5. The van der Waals surface area contributed by atoms with Gasteiger partial charge in [-0.15, -0.1) is 11.3 Å². The highest BCUT2D eigenvalue weighted by Gasteiger charge is 2.32. The molecule has 0 saturated heterocycles. The summed E-state index contributed by atoms with van der Waals surface area (Å²) >= 11 is 1.09. The molecular weight excluding hydrogens is 316 g/mol. The fourth-order valence-electron chi connectivity index (χ4n) is 2.60. The molecule has 2 N–H and O–H groups in total. The van der Waals surface area contributed by atoms with E-state index >= 15 is 0 Å². The first kappa shape index (κ1) is 15.7. The molecule has 2 aromatic rings. The third-order valence-electron chi connectivity index (χ3n) is 3.92. The van der Waals surface area contributed by atoms with Crippen molar-refractivity contribution in [3.05, 3.63) is 33.0 Å². The summed E-state index contributed by atoms with van der Waals surface area (Å²) in [4.78, 5) is 28.1. The molecule has 122 valence electrons. The second-order valence-corrected chi connectivity index (χ2v) is 6.84. The predicted octanol–water partition coefficient (Wildman–Crippen LogP) is 2.25. The Morgan fingerprint density at radius 2 is 2.17 bits per heavy atom. The van der Waals surface area contributed by atoms with E-state index in [1.54, 1.807) is 24.7 Å². The first-order valence-electron chi connectivity index (χ1n) is 7.41. The smallest absolute Gasteiger partial charge is 0.347 e. The van der Waals surface area contributed by atoms with Crippen LogP contribution in [0.5, 0.6) is 0 Å². The first-order valence-corrected chi connectivity index (χ1v) is 8.23. The average molecular weight is 334 g/mol. The molecule has 3 rings (SSSR count). The molecule has 8 heteroatoms. The van der Waals surface area contributed by atoms with Crippen LogP contribution in [-0.4, -0.2) is 31.7 Å². The molecule has 23 heavy (non-hydrogen) atoms. The molecule has 0 bridgehead atoms. The number of hydrogen-bond acceptors (Lipinski definition) is 5. The summed E-state index contributed by atoms with van der Waals surface area (Å²) in [5, 5.41) is 16.8. The van der Waals surface area contributed by atoms with E-state index in [0.29, 0.717) is 22.2 Å². The number of aromatic carboxylic acids is 1. The number of hydrogen-bond donors (Lipinski definition) is 2. The van der Waals surface area contributed by atoms with Crippen molar-refractivity contribution in [2.75, 3.05) is 0 Å². The Hall–Kier alpha value is -2.22. The number of carbonyl (C=O) groups excluding carboxylic acids is 1. The summed E-state index contributed by atoms with van der Waals surface area (Å²) in [6, 6.07) is -0.355. The van der Waals surface area contributed by atoms with Gasteiger partial charge in [-0.1, -0.05) is 0 Å². The zero-order chi connectivity index (χ0) is 16.7. The van der Waals surface area contributed by atoms with Gasteiger partial charge in [-0.3, -0.25) is 9.48 Å². The van der Waals surface area contributed by atoms with Crippen molar-refractivity contribution in [1.82, 2.24) is 20.1 Å². The number of nitrogens with one attached hydrogen (secondary N) is 1. The zero-order valence-electron chi connectivity index (χ0n) is 13.2. The monoisotopic (exact) mass is 334 g/mol. The fourth-order valence-corrected chi connectivity index (χ4v) is 3.51. The number of carbonyl (C=O) groups is 2. The Kier molecular flexibility index (Phi) is 3.93. The van der Waals surface area contributed by atoms with Crippen LogP contribution < -0.4 is 5.32 Å². The molecule has 0 radical (unpaired) electrons. The molecule has 1 amide bonds. The van der Waals surface area contributed by atoms with Crippen LogP contribution in [0, 0.1) is 6.92 Å². The van der Waals surface area contributed by atoms with E-state index in [2.05, 4.69) is 15.4 Å². The number of carboxylic acid groups (broad SMARTS) is 1. The maximum Gasteiger partial charge on any atom is 0.347 e. The molecule has 2 heterocycles. The summed E-state index contributed by atoms with van der Waals surface area (Å²) in [5.74, 6) is -0.774. The second-order valence-electron chi connectivity index (χ2n) is 5.81. The Morgan fingerprint density at radius 1 is 1.48 bits per heavy atom. The van der Waals surface area contributed by atoms with Crippen molar-refractivity contribution in [3.8, 4) is 0 Å². The third-order valence-corrected chi connectivity index (χ3v) is 5.25. The van der Waals surface area contributed by atoms with Gasteiger partial charge in [-0.25, -0.2) is 9.78 Å². The quantitative estimate of drug-likeness (QED) is 0.874. The van der Waals surface area contributed by atoms with E-state index in [1.807, 2.05) is 7.05 Å². The SMILES string of the molecule is Cc1nc(C(C)NC(=O)c2cnn(C)c2C2CC2)sc1C(=O)O. The average Bonchev–Trinajstić information content (AvgIpc) is 3.12. The van der Waals surface area contributed by atoms with Crippen molar-refractivity contribution >= 4 is 23.2 Å². The van der Waals surface area contributed by atoms with Gasteiger partial charge in [0.05, 0.1) is 29.2 Å². The maximum absolute atomic E-state index is 12.5. The Balaban J connectivity index is 1.77. The lowest BCUT2D eigenvalue weighted by molar-refractivity contribution is 0.0701. The number of nitrogens with zero attached hydrogens (tertiary/aromatic N) is 3. The summed E-state index contributed by atoms with van der Waals surface area (Å²) in [6.07, 6.45) is 3.76. The van der Waals surface area contributed by atoms with Crippen LogP contribution in [0.2, 0.25) is 0 Å². The molecule has 1 aliphatic rings. The van der Waals surface area contributed by atoms with Crippen LogP contribution in [-0.2, 0) is 7.05 Å². The summed E-state index contributed by atoms with van der Waals surface area (Å²) in [5.41, 5.74) is 2.03. The number of carboxylic acids is 1. The van der Waals surface area contributed by atoms with Gasteiger partial charge >= 0.3 is 5.97 Å². The van der Waals surface area contributed by atoms with Crippen LogP contribution in [0.1, 0.15) is 68.2 Å². The highest BCUT2D eigenvalue weighted by Crippen LogP contribution is 2.41. The first-order chi connectivity index (χ1) is 10.9. The van der Waals surface area contributed by atoms with Gasteiger partial charge in [-0.2, -0.15) is 5.10 Å². The van der Waals surface area contributed by atoms with Crippen LogP contribution in [0.4, 0.5) is 0 Å².